The van der Waals surface area contributed by atoms with Gasteiger partial charge in [0.25, 0.3) is 0 Å². The maximum atomic E-state index is 4.06. The van der Waals surface area contributed by atoms with Crippen molar-refractivity contribution >= 4 is 6.34 Å². The maximum absolute atomic E-state index is 4.06. The average Bonchev–Trinajstić information content (AvgIpc) is 1.94. The molecule has 0 saturated carbocycles. The molecule has 0 fully saturated rings. The monoisotopic (exact) mass is 163 g/mol. The van der Waals surface area contributed by atoms with Crippen molar-refractivity contribution in [2.75, 3.05) is 13.1 Å². The molecular weight excluding hydrogens is 152 g/mol. The first-order chi connectivity index (χ1) is 3.89. The summed E-state index contributed by atoms with van der Waals surface area (Å²) < 4.78 is 0. The van der Waals surface area contributed by atoms with E-state index in [9.17, 15) is 0 Å². The van der Waals surface area contributed by atoms with Gasteiger partial charge >= 0.3 is 17.4 Å². The molecule has 0 saturated heterocycles. The number of rotatable bonds is 0. The quantitative estimate of drug-likeness (QED) is 0.519. The Morgan fingerprint density at radius 3 is 3.22 bits per heavy atom. The van der Waals surface area contributed by atoms with Crippen molar-refractivity contribution in [3.05, 3.63) is 5.92 Å². The standard InChI is InChI=1S/C6H11N2.Cr/c1-6-2-3-7-5-8-4-6;/h5H,2-4H2,1H3,(H,7,8);/q-1;+2. The van der Waals surface area contributed by atoms with Crippen molar-refractivity contribution < 1.29 is 17.4 Å². The van der Waals surface area contributed by atoms with Crippen LogP contribution in [0.15, 0.2) is 4.99 Å². The van der Waals surface area contributed by atoms with E-state index < -0.39 is 0 Å². The molecule has 0 unspecified atom stereocenters. The predicted octanol–water partition coefficient (Wildman–Crippen LogP) is 0.600. The van der Waals surface area contributed by atoms with Crippen LogP contribution < -0.4 is 5.32 Å². The second kappa shape index (κ2) is 4.84. The first-order valence-corrected chi connectivity index (χ1v) is 2.92. The van der Waals surface area contributed by atoms with E-state index in [4.69, 9.17) is 0 Å². The molecule has 0 spiro atoms. The summed E-state index contributed by atoms with van der Waals surface area (Å²) in [6.07, 6.45) is 2.93. The van der Waals surface area contributed by atoms with E-state index in [1.165, 1.54) is 5.92 Å². The van der Waals surface area contributed by atoms with Gasteiger partial charge in [-0.1, -0.05) is 0 Å². The molecule has 9 heavy (non-hydrogen) atoms. The minimum absolute atomic E-state index is 0. The van der Waals surface area contributed by atoms with E-state index in [2.05, 4.69) is 17.2 Å². The van der Waals surface area contributed by atoms with Crippen LogP contribution >= 0.6 is 0 Å². The van der Waals surface area contributed by atoms with E-state index in [0.717, 1.165) is 19.5 Å². The van der Waals surface area contributed by atoms with E-state index in [1.54, 1.807) is 6.34 Å². The Labute approximate surface area is 66.9 Å². The summed E-state index contributed by atoms with van der Waals surface area (Å²) in [5, 5.41) is 3.07. The Bertz CT molecular complexity index is 83.1. The van der Waals surface area contributed by atoms with Gasteiger partial charge in [0.2, 0.25) is 0 Å². The third kappa shape index (κ3) is 3.56. The maximum Gasteiger partial charge on any atom is 2.00 e. The molecule has 1 heterocycles. The third-order valence-corrected chi connectivity index (χ3v) is 1.25. The van der Waals surface area contributed by atoms with Crippen molar-refractivity contribution in [1.82, 2.24) is 5.32 Å². The van der Waals surface area contributed by atoms with Gasteiger partial charge in [-0.25, -0.2) is 0 Å². The number of nitrogens with zero attached hydrogens (tertiary/aromatic N) is 1. The van der Waals surface area contributed by atoms with Crippen LogP contribution in [-0.2, 0) is 17.4 Å². The molecule has 1 aliphatic heterocycles. The zero-order valence-corrected chi connectivity index (χ0v) is 6.83. The first kappa shape index (κ1) is 9.00. The molecular formula is C6H11CrN2+. The fourth-order valence-electron chi connectivity index (χ4n) is 0.693. The summed E-state index contributed by atoms with van der Waals surface area (Å²) in [6, 6.07) is 0. The van der Waals surface area contributed by atoms with Gasteiger partial charge in [-0.3, -0.25) is 10.9 Å². The smallest absolute Gasteiger partial charge is 0.406 e. The molecule has 3 heteroatoms. The van der Waals surface area contributed by atoms with Crippen molar-refractivity contribution in [1.29, 1.82) is 0 Å². The summed E-state index contributed by atoms with van der Waals surface area (Å²) in [5.74, 6) is 1.49. The third-order valence-electron chi connectivity index (χ3n) is 1.25. The summed E-state index contributed by atoms with van der Waals surface area (Å²) in [6.45, 7) is 4.12. The van der Waals surface area contributed by atoms with Crippen LogP contribution in [0, 0.1) is 5.92 Å². The van der Waals surface area contributed by atoms with Crippen molar-refractivity contribution in [3.63, 3.8) is 0 Å². The van der Waals surface area contributed by atoms with Gasteiger partial charge in [0.1, 0.15) is 0 Å². The van der Waals surface area contributed by atoms with Gasteiger partial charge in [0.15, 0.2) is 0 Å². The SMILES string of the molecule is C[C-]1CCN=CNC1.[Cr+2]. The summed E-state index contributed by atoms with van der Waals surface area (Å²) in [5.41, 5.74) is 0. The fourth-order valence-corrected chi connectivity index (χ4v) is 0.693. The molecule has 0 amide bonds. The first-order valence-electron chi connectivity index (χ1n) is 2.92. The molecule has 2 nitrogen and oxygen atoms in total. The Kier molecular flexibility index (Phi) is 4.84. The minimum Gasteiger partial charge on any atom is -0.406 e. The van der Waals surface area contributed by atoms with Crippen LogP contribution in [0.25, 0.3) is 0 Å². The van der Waals surface area contributed by atoms with E-state index >= 15 is 0 Å². The topological polar surface area (TPSA) is 24.4 Å². The molecule has 0 bridgehead atoms. The molecule has 50 valence electrons. The van der Waals surface area contributed by atoms with Gasteiger partial charge in [-0.05, 0) is 0 Å². The van der Waals surface area contributed by atoms with Crippen molar-refractivity contribution in [2.24, 2.45) is 4.99 Å². The molecule has 1 N–H and O–H groups in total. The van der Waals surface area contributed by atoms with Crippen LogP contribution in [0.2, 0.25) is 0 Å². The second-order valence-electron chi connectivity index (χ2n) is 2.12. The minimum atomic E-state index is 0. The molecule has 1 aliphatic rings. The van der Waals surface area contributed by atoms with Crippen molar-refractivity contribution in [3.8, 4) is 0 Å². The number of nitrogens with one attached hydrogen (secondary N) is 1. The summed E-state index contributed by atoms with van der Waals surface area (Å²) >= 11 is 0. The van der Waals surface area contributed by atoms with Gasteiger partial charge in [0, 0.05) is 6.54 Å². The molecule has 0 aliphatic carbocycles. The summed E-state index contributed by atoms with van der Waals surface area (Å²) in [4.78, 5) is 4.06. The zero-order valence-electron chi connectivity index (χ0n) is 5.55. The van der Waals surface area contributed by atoms with Crippen LogP contribution in [0.3, 0.4) is 0 Å². The number of aliphatic imine (C=N–C) groups is 1. The number of hydrogen-bond acceptors (Lipinski definition) is 2. The largest absolute Gasteiger partial charge is 2.00 e. The Morgan fingerprint density at radius 1 is 1.67 bits per heavy atom. The van der Waals surface area contributed by atoms with E-state index in [1.807, 2.05) is 0 Å². The van der Waals surface area contributed by atoms with Crippen LogP contribution in [0.1, 0.15) is 13.3 Å². The molecule has 0 aromatic heterocycles. The van der Waals surface area contributed by atoms with E-state index in [-0.39, 0.29) is 17.4 Å². The fraction of sp³-hybridized carbons (Fsp3) is 0.667. The Morgan fingerprint density at radius 2 is 2.44 bits per heavy atom. The van der Waals surface area contributed by atoms with Gasteiger partial charge < -0.3 is 5.32 Å². The molecule has 0 aromatic rings. The Balaban J connectivity index is 0.000000640. The van der Waals surface area contributed by atoms with Crippen LogP contribution in [0.5, 0.6) is 0 Å². The van der Waals surface area contributed by atoms with Gasteiger partial charge in [0.05, 0.1) is 6.34 Å². The van der Waals surface area contributed by atoms with Crippen molar-refractivity contribution in [2.45, 2.75) is 13.3 Å². The van der Waals surface area contributed by atoms with Crippen LogP contribution in [0.4, 0.5) is 0 Å². The van der Waals surface area contributed by atoms with Gasteiger partial charge in [-0.15, -0.1) is 6.54 Å². The second-order valence-corrected chi connectivity index (χ2v) is 2.12. The summed E-state index contributed by atoms with van der Waals surface area (Å²) in [7, 11) is 0. The van der Waals surface area contributed by atoms with Gasteiger partial charge in [-0.2, -0.15) is 13.3 Å². The number of hydrogen-bond donors (Lipinski definition) is 1. The average molecular weight is 163 g/mol. The molecule has 0 aromatic carbocycles. The molecule has 1 rings (SSSR count). The van der Waals surface area contributed by atoms with E-state index in [0.29, 0.717) is 0 Å². The zero-order chi connectivity index (χ0) is 5.82. The van der Waals surface area contributed by atoms with Crippen LogP contribution in [-0.4, -0.2) is 19.4 Å². The normalized spacial score (nSPS) is 19.7. The molecule has 0 atom stereocenters. The predicted molar refractivity (Wildman–Crippen MR) is 34.9 cm³/mol. The Hall–Kier alpha value is 0.00247. The molecule has 0 radical (unpaired) electrons.